The number of hydrogen-bond donors (Lipinski definition) is 2. The van der Waals surface area contributed by atoms with E-state index in [1.807, 2.05) is 4.90 Å². The molecule has 27 heavy (non-hydrogen) atoms. The first-order valence-corrected chi connectivity index (χ1v) is 9.35. The minimum absolute atomic E-state index is 0.0447. The number of carbonyl (C=O) groups excluding carboxylic acids is 2. The third kappa shape index (κ3) is 5.14. The summed E-state index contributed by atoms with van der Waals surface area (Å²) in [6, 6.07) is 4.84. The van der Waals surface area contributed by atoms with Crippen molar-refractivity contribution in [1.29, 1.82) is 0 Å². The number of amides is 2. The molecule has 146 valence electrons. The number of likely N-dealkylation sites (tertiary alicyclic amines) is 1. The van der Waals surface area contributed by atoms with Crippen LogP contribution in [0.1, 0.15) is 36.0 Å². The lowest BCUT2D eigenvalue weighted by atomic mass is 10.0. The third-order valence-electron chi connectivity index (χ3n) is 4.93. The average molecular weight is 376 g/mol. The second-order valence-corrected chi connectivity index (χ2v) is 6.94. The molecule has 2 aliphatic heterocycles. The fourth-order valence-corrected chi connectivity index (χ4v) is 3.44. The van der Waals surface area contributed by atoms with Crippen molar-refractivity contribution in [2.24, 2.45) is 0 Å². The number of benzene rings is 1. The molecule has 2 aliphatic rings. The Morgan fingerprint density at radius 3 is 2.70 bits per heavy atom. The van der Waals surface area contributed by atoms with Crippen LogP contribution in [0.15, 0.2) is 36.4 Å². The summed E-state index contributed by atoms with van der Waals surface area (Å²) in [5.74, 6) is -0.898. The number of hydrogen-bond acceptors (Lipinski definition) is 4. The number of nitrogens with zero attached hydrogens (tertiary/aromatic N) is 1. The minimum atomic E-state index is -0.660. The highest BCUT2D eigenvalue weighted by atomic mass is 19.1. The van der Waals surface area contributed by atoms with E-state index in [0.29, 0.717) is 0 Å². The van der Waals surface area contributed by atoms with Gasteiger partial charge in [-0.25, -0.2) is 4.39 Å². The van der Waals surface area contributed by atoms with Crippen LogP contribution in [0.5, 0.6) is 0 Å². The SMILES string of the molecule is O=C(N[C@H]1C=C[C@@H](CC(=O)N2CCCCC2)O[C@@H]1CO)c1cccc(F)c1. The van der Waals surface area contributed by atoms with Gasteiger partial charge in [0, 0.05) is 18.7 Å². The number of aliphatic hydroxyl groups is 1. The maximum atomic E-state index is 13.3. The number of ether oxygens (including phenoxy) is 1. The molecule has 1 aromatic carbocycles. The Labute approximate surface area is 158 Å². The molecule has 6 nitrogen and oxygen atoms in total. The van der Waals surface area contributed by atoms with Crippen LogP contribution in [0, 0.1) is 5.82 Å². The zero-order valence-corrected chi connectivity index (χ0v) is 15.1. The van der Waals surface area contributed by atoms with Gasteiger partial charge in [-0.2, -0.15) is 0 Å². The highest BCUT2D eigenvalue weighted by molar-refractivity contribution is 5.94. The number of aliphatic hydroxyl groups excluding tert-OH is 1. The molecule has 1 aromatic rings. The highest BCUT2D eigenvalue weighted by Crippen LogP contribution is 2.19. The van der Waals surface area contributed by atoms with Crippen LogP contribution in [0.2, 0.25) is 0 Å². The Hall–Kier alpha value is -2.25. The van der Waals surface area contributed by atoms with Gasteiger partial charge in [0.05, 0.1) is 25.2 Å². The zero-order valence-electron chi connectivity index (χ0n) is 15.1. The predicted molar refractivity (Wildman–Crippen MR) is 97.6 cm³/mol. The molecule has 2 amide bonds. The van der Waals surface area contributed by atoms with Gasteiger partial charge in [0.2, 0.25) is 5.91 Å². The van der Waals surface area contributed by atoms with Gasteiger partial charge >= 0.3 is 0 Å². The molecule has 0 unspecified atom stereocenters. The number of carbonyl (C=O) groups is 2. The van der Waals surface area contributed by atoms with E-state index in [4.69, 9.17) is 4.74 Å². The standard InChI is InChI=1S/C20H25FN2O4/c21-15-6-4-5-14(11-15)20(26)22-17-8-7-16(27-18(17)13-24)12-19(25)23-9-2-1-3-10-23/h4-8,11,16-18,24H,1-3,9-10,12-13H2,(H,22,26)/t16-,17-,18+/m0/s1. The van der Waals surface area contributed by atoms with Crippen molar-refractivity contribution in [1.82, 2.24) is 10.2 Å². The molecule has 0 aliphatic carbocycles. The molecule has 7 heteroatoms. The molecule has 2 N–H and O–H groups in total. The third-order valence-corrected chi connectivity index (χ3v) is 4.93. The van der Waals surface area contributed by atoms with E-state index in [1.54, 1.807) is 12.2 Å². The molecule has 0 spiro atoms. The summed E-state index contributed by atoms with van der Waals surface area (Å²) in [4.78, 5) is 26.5. The Balaban J connectivity index is 1.59. The summed E-state index contributed by atoms with van der Waals surface area (Å²) >= 11 is 0. The van der Waals surface area contributed by atoms with Crippen molar-refractivity contribution >= 4 is 11.8 Å². The molecular formula is C20H25FN2O4. The van der Waals surface area contributed by atoms with E-state index in [9.17, 15) is 19.1 Å². The molecule has 0 bridgehead atoms. The summed E-state index contributed by atoms with van der Waals surface area (Å²) in [5.41, 5.74) is 0.197. The average Bonchev–Trinajstić information content (AvgIpc) is 2.69. The minimum Gasteiger partial charge on any atom is -0.394 e. The van der Waals surface area contributed by atoms with Crippen molar-refractivity contribution in [2.45, 2.75) is 43.9 Å². The number of piperidine rings is 1. The largest absolute Gasteiger partial charge is 0.394 e. The van der Waals surface area contributed by atoms with Gasteiger partial charge < -0.3 is 20.1 Å². The molecule has 1 fully saturated rings. The second kappa shape index (κ2) is 9.10. The van der Waals surface area contributed by atoms with Crippen LogP contribution in [-0.2, 0) is 9.53 Å². The fraction of sp³-hybridized carbons (Fsp3) is 0.500. The Morgan fingerprint density at radius 1 is 1.22 bits per heavy atom. The predicted octanol–water partition coefficient (Wildman–Crippen LogP) is 1.64. The van der Waals surface area contributed by atoms with Crippen LogP contribution >= 0.6 is 0 Å². The Bertz CT molecular complexity index is 703. The smallest absolute Gasteiger partial charge is 0.251 e. The maximum Gasteiger partial charge on any atom is 0.251 e. The van der Waals surface area contributed by atoms with Gasteiger partial charge in [-0.15, -0.1) is 0 Å². The van der Waals surface area contributed by atoms with Crippen LogP contribution in [0.25, 0.3) is 0 Å². The summed E-state index contributed by atoms with van der Waals surface area (Å²) in [6.07, 6.45) is 5.81. The summed E-state index contributed by atoms with van der Waals surface area (Å²) in [7, 11) is 0. The number of rotatable bonds is 5. The van der Waals surface area contributed by atoms with Crippen molar-refractivity contribution in [3.8, 4) is 0 Å². The fourth-order valence-electron chi connectivity index (χ4n) is 3.44. The van der Waals surface area contributed by atoms with Crippen LogP contribution in [-0.4, -0.2) is 59.8 Å². The molecule has 1 saturated heterocycles. The summed E-state index contributed by atoms with van der Waals surface area (Å²) in [6.45, 7) is 1.27. The van der Waals surface area contributed by atoms with Crippen LogP contribution < -0.4 is 5.32 Å². The van der Waals surface area contributed by atoms with Crippen molar-refractivity contribution in [2.75, 3.05) is 19.7 Å². The van der Waals surface area contributed by atoms with E-state index in [1.165, 1.54) is 18.2 Å². The van der Waals surface area contributed by atoms with Gasteiger partial charge in [-0.3, -0.25) is 9.59 Å². The monoisotopic (exact) mass is 376 g/mol. The molecular weight excluding hydrogens is 351 g/mol. The molecule has 2 heterocycles. The van der Waals surface area contributed by atoms with E-state index in [0.717, 1.165) is 38.4 Å². The van der Waals surface area contributed by atoms with Crippen molar-refractivity contribution < 1.29 is 23.8 Å². The second-order valence-electron chi connectivity index (χ2n) is 6.94. The summed E-state index contributed by atoms with van der Waals surface area (Å²) < 4.78 is 19.1. The van der Waals surface area contributed by atoms with Gasteiger partial charge in [-0.1, -0.05) is 18.2 Å². The Morgan fingerprint density at radius 2 is 2.00 bits per heavy atom. The van der Waals surface area contributed by atoms with E-state index in [-0.39, 0.29) is 24.5 Å². The van der Waals surface area contributed by atoms with Gasteiger partial charge in [0.15, 0.2) is 0 Å². The van der Waals surface area contributed by atoms with E-state index >= 15 is 0 Å². The molecule has 0 aromatic heterocycles. The van der Waals surface area contributed by atoms with Gasteiger partial charge in [0.1, 0.15) is 11.9 Å². The van der Waals surface area contributed by atoms with Crippen LogP contribution in [0.3, 0.4) is 0 Å². The lowest BCUT2D eigenvalue weighted by Gasteiger charge is -2.33. The molecule has 0 radical (unpaired) electrons. The molecule has 0 saturated carbocycles. The number of halogens is 1. The summed E-state index contributed by atoms with van der Waals surface area (Å²) in [5, 5.41) is 12.4. The first-order valence-electron chi connectivity index (χ1n) is 9.35. The van der Waals surface area contributed by atoms with Gasteiger partial charge in [-0.05, 0) is 37.5 Å². The maximum absolute atomic E-state index is 13.3. The number of nitrogens with one attached hydrogen (secondary N) is 1. The molecule has 3 rings (SSSR count). The van der Waals surface area contributed by atoms with Crippen molar-refractivity contribution in [3.05, 3.63) is 47.8 Å². The highest BCUT2D eigenvalue weighted by Gasteiger charge is 2.30. The lowest BCUT2D eigenvalue weighted by molar-refractivity contribution is -0.136. The zero-order chi connectivity index (χ0) is 19.2. The Kier molecular flexibility index (Phi) is 6.58. The van der Waals surface area contributed by atoms with E-state index in [2.05, 4.69) is 5.32 Å². The van der Waals surface area contributed by atoms with Gasteiger partial charge in [0.25, 0.3) is 5.91 Å². The quantitative estimate of drug-likeness (QED) is 0.766. The normalized spacial score (nSPS) is 25.3. The van der Waals surface area contributed by atoms with E-state index < -0.39 is 30.0 Å². The topological polar surface area (TPSA) is 78.9 Å². The van der Waals surface area contributed by atoms with Crippen LogP contribution in [0.4, 0.5) is 4.39 Å². The first-order chi connectivity index (χ1) is 13.1. The van der Waals surface area contributed by atoms with Crippen molar-refractivity contribution in [3.63, 3.8) is 0 Å². The lowest BCUT2D eigenvalue weighted by Crippen LogP contribution is -2.49. The first kappa shape index (κ1) is 19.5. The molecule has 3 atom stereocenters.